The van der Waals surface area contributed by atoms with E-state index < -0.39 is 30.5 Å². The third-order valence-corrected chi connectivity index (χ3v) is 9.14. The quantitative estimate of drug-likeness (QED) is 0.0538. The van der Waals surface area contributed by atoms with Gasteiger partial charge in [0.05, 0.1) is 19.8 Å². The monoisotopic (exact) mass is 752 g/mol. The second-order valence-corrected chi connectivity index (χ2v) is 14.1. The molecule has 0 fully saturated rings. The molecule has 0 aromatic heterocycles. The zero-order chi connectivity index (χ0) is 38.7. The Hall–Kier alpha value is -3.76. The van der Waals surface area contributed by atoms with Crippen LogP contribution in [0.5, 0.6) is 0 Å². The molecule has 2 aromatic carbocycles. The van der Waals surface area contributed by atoms with Gasteiger partial charge < -0.3 is 29.6 Å². The molecule has 2 amide bonds. The topological polar surface area (TPSA) is 129 Å². The minimum Gasteiger partial charge on any atom is -0.463 e. The van der Waals surface area contributed by atoms with E-state index in [1.807, 2.05) is 60.7 Å². The molecule has 2 rings (SSSR count). The Balaban J connectivity index is 1.58. The number of esters is 2. The molecule has 1 atom stereocenters. The van der Waals surface area contributed by atoms with Gasteiger partial charge in [-0.05, 0) is 36.8 Å². The zero-order valence-electron chi connectivity index (χ0n) is 33.0. The third-order valence-electron chi connectivity index (χ3n) is 9.14. The van der Waals surface area contributed by atoms with E-state index in [1.54, 1.807) is 0 Å². The highest BCUT2D eigenvalue weighted by molar-refractivity contribution is 5.86. The first kappa shape index (κ1) is 46.4. The molecule has 0 aliphatic carbocycles. The van der Waals surface area contributed by atoms with Crippen LogP contribution in [0.2, 0.25) is 0 Å². The number of amides is 2. The van der Waals surface area contributed by atoms with Gasteiger partial charge in [-0.3, -0.25) is 9.59 Å². The SMILES string of the molecule is CCCCCCCCCCCCCCCCCCOC(=O)COC(=O)C(CCCCNC(=O)COCc1ccccc1)NC(=O)COCc1ccccc1. The summed E-state index contributed by atoms with van der Waals surface area (Å²) in [7, 11) is 0. The number of rotatable bonds is 34. The Kier molecular flexibility index (Phi) is 28.1. The first-order valence-electron chi connectivity index (χ1n) is 20.6. The fourth-order valence-corrected chi connectivity index (χ4v) is 6.02. The number of unbranched alkanes of at least 4 members (excludes halogenated alkanes) is 16. The summed E-state index contributed by atoms with van der Waals surface area (Å²) in [4.78, 5) is 50.0. The fraction of sp³-hybridized carbons (Fsp3) is 0.636. The molecule has 0 radical (unpaired) electrons. The van der Waals surface area contributed by atoms with E-state index in [1.165, 1.54) is 83.5 Å². The summed E-state index contributed by atoms with van der Waals surface area (Å²) in [5, 5.41) is 5.48. The Morgan fingerprint density at radius 1 is 0.537 bits per heavy atom. The molecule has 0 aliphatic rings. The van der Waals surface area contributed by atoms with Crippen molar-refractivity contribution in [3.05, 3.63) is 71.8 Å². The van der Waals surface area contributed by atoms with E-state index in [-0.39, 0.29) is 38.8 Å². The molecular formula is C44H68N2O8. The number of benzene rings is 2. The predicted octanol–water partition coefficient (Wildman–Crippen LogP) is 8.54. The largest absolute Gasteiger partial charge is 0.463 e. The zero-order valence-corrected chi connectivity index (χ0v) is 33.0. The van der Waals surface area contributed by atoms with E-state index in [2.05, 4.69) is 17.6 Å². The van der Waals surface area contributed by atoms with Gasteiger partial charge in [0, 0.05) is 6.54 Å². The number of carbonyl (C=O) groups is 4. The lowest BCUT2D eigenvalue weighted by molar-refractivity contribution is -0.160. The summed E-state index contributed by atoms with van der Waals surface area (Å²) in [6.45, 7) is 2.72. The first-order valence-corrected chi connectivity index (χ1v) is 20.6. The maximum absolute atomic E-state index is 12.9. The number of carbonyl (C=O) groups excluding carboxylic acids is 4. The van der Waals surface area contributed by atoms with Crippen molar-refractivity contribution >= 4 is 23.8 Å². The van der Waals surface area contributed by atoms with Crippen molar-refractivity contribution in [1.82, 2.24) is 10.6 Å². The smallest absolute Gasteiger partial charge is 0.344 e. The molecule has 54 heavy (non-hydrogen) atoms. The lowest BCUT2D eigenvalue weighted by Gasteiger charge is -2.18. The minimum absolute atomic E-state index is 0.0571. The van der Waals surface area contributed by atoms with Crippen molar-refractivity contribution in [2.24, 2.45) is 0 Å². The summed E-state index contributed by atoms with van der Waals surface area (Å²) >= 11 is 0. The van der Waals surface area contributed by atoms with Gasteiger partial charge >= 0.3 is 11.9 Å². The fourth-order valence-electron chi connectivity index (χ4n) is 6.02. The average Bonchev–Trinajstić information content (AvgIpc) is 3.18. The van der Waals surface area contributed by atoms with Crippen molar-refractivity contribution < 1.29 is 38.1 Å². The molecule has 0 saturated carbocycles. The molecule has 10 nitrogen and oxygen atoms in total. The highest BCUT2D eigenvalue weighted by Gasteiger charge is 2.23. The van der Waals surface area contributed by atoms with Crippen molar-refractivity contribution in [3.8, 4) is 0 Å². The minimum atomic E-state index is -0.976. The normalized spacial score (nSPS) is 11.5. The van der Waals surface area contributed by atoms with Crippen LogP contribution in [-0.4, -0.2) is 62.8 Å². The molecular weight excluding hydrogens is 684 g/mol. The maximum atomic E-state index is 12.9. The Morgan fingerprint density at radius 2 is 1.02 bits per heavy atom. The maximum Gasteiger partial charge on any atom is 0.344 e. The molecule has 2 aromatic rings. The van der Waals surface area contributed by atoms with Gasteiger partial charge in [0.1, 0.15) is 19.3 Å². The first-order chi connectivity index (χ1) is 26.5. The third kappa shape index (κ3) is 26.1. The van der Waals surface area contributed by atoms with Crippen molar-refractivity contribution in [2.75, 3.05) is 33.0 Å². The lowest BCUT2D eigenvalue weighted by atomic mass is 10.0. The Morgan fingerprint density at radius 3 is 1.54 bits per heavy atom. The van der Waals surface area contributed by atoms with Gasteiger partial charge in [0.25, 0.3) is 0 Å². The molecule has 0 heterocycles. The lowest BCUT2D eigenvalue weighted by Crippen LogP contribution is -2.44. The second-order valence-electron chi connectivity index (χ2n) is 14.1. The molecule has 10 heteroatoms. The van der Waals surface area contributed by atoms with Crippen LogP contribution in [0.4, 0.5) is 0 Å². The molecule has 0 aliphatic heterocycles. The summed E-state index contributed by atoms with van der Waals surface area (Å²) < 4.78 is 21.5. The second kappa shape index (κ2) is 32.7. The number of hydrogen-bond donors (Lipinski definition) is 2. The average molecular weight is 753 g/mol. The van der Waals surface area contributed by atoms with Crippen LogP contribution >= 0.6 is 0 Å². The van der Waals surface area contributed by atoms with Crippen LogP contribution < -0.4 is 10.6 Å². The van der Waals surface area contributed by atoms with Crippen LogP contribution in [0, 0.1) is 0 Å². The van der Waals surface area contributed by atoms with Crippen LogP contribution in [0.3, 0.4) is 0 Å². The molecule has 2 N–H and O–H groups in total. The van der Waals surface area contributed by atoms with E-state index in [9.17, 15) is 19.2 Å². The highest BCUT2D eigenvalue weighted by atomic mass is 16.6. The summed E-state index contributed by atoms with van der Waals surface area (Å²) in [6, 6.07) is 18.1. The standard InChI is InChI=1S/C44H68N2O8/c1-2-3-4-5-6-7-8-9-10-11-12-13-14-15-16-25-32-53-43(49)37-54-44(50)40(46-42(48)36-52-34-39-28-21-18-22-29-39)30-23-24-31-45-41(47)35-51-33-38-26-19-17-20-27-38/h17-22,26-29,40H,2-16,23-25,30-37H2,1H3,(H,45,47)(H,46,48). The van der Waals surface area contributed by atoms with Gasteiger partial charge in [0.15, 0.2) is 6.61 Å². The van der Waals surface area contributed by atoms with Crippen LogP contribution in [0.15, 0.2) is 60.7 Å². The van der Waals surface area contributed by atoms with Gasteiger partial charge in [-0.2, -0.15) is 0 Å². The van der Waals surface area contributed by atoms with Gasteiger partial charge in [-0.1, -0.05) is 164 Å². The predicted molar refractivity (Wildman–Crippen MR) is 212 cm³/mol. The molecule has 0 saturated heterocycles. The summed E-state index contributed by atoms with van der Waals surface area (Å²) in [6.07, 6.45) is 21.6. The summed E-state index contributed by atoms with van der Waals surface area (Å²) in [5.74, 6) is -2.03. The summed E-state index contributed by atoms with van der Waals surface area (Å²) in [5.41, 5.74) is 1.91. The molecule has 0 spiro atoms. The van der Waals surface area contributed by atoms with Crippen LogP contribution in [0.25, 0.3) is 0 Å². The molecule has 0 bridgehead atoms. The van der Waals surface area contributed by atoms with Gasteiger partial charge in [0.2, 0.25) is 11.8 Å². The van der Waals surface area contributed by atoms with Crippen LogP contribution in [-0.2, 0) is 51.3 Å². The Bertz CT molecular complexity index is 1240. The number of ether oxygens (including phenoxy) is 4. The number of hydrogen-bond acceptors (Lipinski definition) is 8. The van der Waals surface area contributed by atoms with E-state index in [0.29, 0.717) is 26.0 Å². The van der Waals surface area contributed by atoms with Crippen molar-refractivity contribution in [3.63, 3.8) is 0 Å². The van der Waals surface area contributed by atoms with Crippen molar-refractivity contribution in [2.45, 2.75) is 148 Å². The van der Waals surface area contributed by atoms with E-state index in [4.69, 9.17) is 18.9 Å². The van der Waals surface area contributed by atoms with Gasteiger partial charge in [-0.25, -0.2) is 9.59 Å². The van der Waals surface area contributed by atoms with Crippen molar-refractivity contribution in [1.29, 1.82) is 0 Å². The van der Waals surface area contributed by atoms with Gasteiger partial charge in [-0.15, -0.1) is 0 Å². The molecule has 302 valence electrons. The van der Waals surface area contributed by atoms with Crippen LogP contribution in [0.1, 0.15) is 140 Å². The number of nitrogens with one attached hydrogen (secondary N) is 2. The van der Waals surface area contributed by atoms with E-state index >= 15 is 0 Å². The van der Waals surface area contributed by atoms with E-state index in [0.717, 1.165) is 30.4 Å². The highest BCUT2D eigenvalue weighted by Crippen LogP contribution is 2.14. The molecule has 1 unspecified atom stereocenters. The Labute approximate surface area is 324 Å².